The lowest BCUT2D eigenvalue weighted by molar-refractivity contribution is 0.712. The molecule has 14 heavy (non-hydrogen) atoms. The molecule has 0 aromatic heterocycles. The third-order valence-electron chi connectivity index (χ3n) is 2.40. The molecule has 0 heterocycles. The highest BCUT2D eigenvalue weighted by atomic mass is 14.2. The van der Waals surface area contributed by atoms with Gasteiger partial charge in [0.05, 0.1) is 0 Å². The minimum absolute atomic E-state index is 0.259. The lowest BCUT2D eigenvalue weighted by Crippen LogP contribution is -2.05. The summed E-state index contributed by atoms with van der Waals surface area (Å²) in [5.74, 6) is 0.543. The molecule has 0 aliphatic rings. The van der Waals surface area contributed by atoms with E-state index in [1.807, 2.05) is 36.4 Å². The summed E-state index contributed by atoms with van der Waals surface area (Å²) in [6, 6.07) is 10.3. The van der Waals surface area contributed by atoms with Crippen molar-refractivity contribution in [3.63, 3.8) is 0 Å². The molecule has 0 aliphatic heterocycles. The second-order valence-electron chi connectivity index (χ2n) is 3.22. The van der Waals surface area contributed by atoms with Crippen molar-refractivity contribution >= 4 is 0 Å². The summed E-state index contributed by atoms with van der Waals surface area (Å²) in [5.41, 5.74) is 1.26. The van der Waals surface area contributed by atoms with E-state index in [-0.39, 0.29) is 11.8 Å². The maximum absolute atomic E-state index is 3.86. The Bertz CT molecular complexity index is 300. The fourth-order valence-corrected chi connectivity index (χ4v) is 1.58. The van der Waals surface area contributed by atoms with Crippen molar-refractivity contribution in [1.82, 2.24) is 0 Å². The maximum atomic E-state index is 3.86. The Morgan fingerprint density at radius 1 is 0.857 bits per heavy atom. The summed E-state index contributed by atoms with van der Waals surface area (Å²) in [7, 11) is 0. The molecule has 0 fully saturated rings. The van der Waals surface area contributed by atoms with Crippen LogP contribution in [-0.4, -0.2) is 0 Å². The van der Waals surface area contributed by atoms with Gasteiger partial charge >= 0.3 is 0 Å². The SMILES string of the molecule is C=CC(C=C)C(C=C)c1ccccc1. The van der Waals surface area contributed by atoms with E-state index < -0.39 is 0 Å². The molecule has 0 radical (unpaired) electrons. The van der Waals surface area contributed by atoms with E-state index in [0.29, 0.717) is 0 Å². The minimum atomic E-state index is 0.259. The average Bonchev–Trinajstić information content (AvgIpc) is 2.27. The molecule has 0 amide bonds. The summed E-state index contributed by atoms with van der Waals surface area (Å²) >= 11 is 0. The molecule has 72 valence electrons. The van der Waals surface area contributed by atoms with Crippen molar-refractivity contribution < 1.29 is 0 Å². The maximum Gasteiger partial charge on any atom is 0.0113 e. The van der Waals surface area contributed by atoms with Crippen molar-refractivity contribution in [2.45, 2.75) is 5.92 Å². The number of allylic oxidation sites excluding steroid dienone is 3. The van der Waals surface area contributed by atoms with Gasteiger partial charge in [0.1, 0.15) is 0 Å². The first-order valence-corrected chi connectivity index (χ1v) is 4.76. The highest BCUT2D eigenvalue weighted by Crippen LogP contribution is 2.27. The molecule has 0 N–H and O–H groups in total. The molecule has 0 spiro atoms. The topological polar surface area (TPSA) is 0 Å². The van der Waals surface area contributed by atoms with Gasteiger partial charge in [-0.05, 0) is 5.56 Å². The molecule has 0 nitrogen and oxygen atoms in total. The van der Waals surface area contributed by atoms with Gasteiger partial charge in [0.2, 0.25) is 0 Å². The van der Waals surface area contributed by atoms with Crippen LogP contribution < -0.4 is 0 Å². The van der Waals surface area contributed by atoms with Crippen molar-refractivity contribution in [3.05, 3.63) is 73.9 Å². The van der Waals surface area contributed by atoms with Gasteiger partial charge in [0, 0.05) is 11.8 Å². The van der Waals surface area contributed by atoms with Crippen LogP contribution in [0.5, 0.6) is 0 Å². The van der Waals surface area contributed by atoms with Crippen LogP contribution in [0.3, 0.4) is 0 Å². The van der Waals surface area contributed by atoms with Gasteiger partial charge in [-0.1, -0.05) is 48.6 Å². The van der Waals surface area contributed by atoms with Crippen molar-refractivity contribution in [2.75, 3.05) is 0 Å². The quantitative estimate of drug-likeness (QED) is 0.608. The Morgan fingerprint density at radius 3 is 1.86 bits per heavy atom. The molecular formula is C14H16. The standard InChI is InChI=1S/C14H16/c1-4-12(5-2)14(6-3)13-10-8-7-9-11-13/h4-12,14H,1-3H2. The molecular weight excluding hydrogens is 168 g/mol. The number of benzene rings is 1. The predicted molar refractivity (Wildman–Crippen MR) is 63.3 cm³/mol. The Kier molecular flexibility index (Phi) is 3.93. The Balaban J connectivity index is 2.97. The zero-order chi connectivity index (χ0) is 10.4. The van der Waals surface area contributed by atoms with Gasteiger partial charge in [-0.25, -0.2) is 0 Å². The fourth-order valence-electron chi connectivity index (χ4n) is 1.58. The molecule has 0 saturated carbocycles. The molecule has 1 unspecified atom stereocenters. The van der Waals surface area contributed by atoms with Crippen LogP contribution in [0.1, 0.15) is 11.5 Å². The van der Waals surface area contributed by atoms with Crippen molar-refractivity contribution in [3.8, 4) is 0 Å². The molecule has 0 bridgehead atoms. The summed E-state index contributed by atoms with van der Waals surface area (Å²) in [4.78, 5) is 0. The summed E-state index contributed by atoms with van der Waals surface area (Å²) in [5, 5.41) is 0. The van der Waals surface area contributed by atoms with Gasteiger partial charge in [0.25, 0.3) is 0 Å². The van der Waals surface area contributed by atoms with Gasteiger partial charge in [-0.15, -0.1) is 19.7 Å². The lowest BCUT2D eigenvalue weighted by Gasteiger charge is -2.18. The third-order valence-corrected chi connectivity index (χ3v) is 2.40. The van der Waals surface area contributed by atoms with E-state index in [0.717, 1.165) is 0 Å². The molecule has 1 aromatic carbocycles. The molecule has 1 atom stereocenters. The van der Waals surface area contributed by atoms with E-state index >= 15 is 0 Å². The van der Waals surface area contributed by atoms with E-state index in [2.05, 4.69) is 31.9 Å². The number of rotatable bonds is 5. The molecule has 0 saturated heterocycles. The third kappa shape index (κ3) is 2.23. The number of hydrogen-bond donors (Lipinski definition) is 0. The first kappa shape index (κ1) is 10.5. The zero-order valence-corrected chi connectivity index (χ0v) is 8.39. The van der Waals surface area contributed by atoms with Crippen LogP contribution in [0.2, 0.25) is 0 Å². The van der Waals surface area contributed by atoms with Crippen LogP contribution >= 0.6 is 0 Å². The Labute approximate surface area is 86.3 Å². The predicted octanol–water partition coefficient (Wildman–Crippen LogP) is 3.94. The Hall–Kier alpha value is -1.56. The summed E-state index contributed by atoms with van der Waals surface area (Å²) < 4.78 is 0. The molecule has 1 aromatic rings. The first-order valence-electron chi connectivity index (χ1n) is 4.76. The molecule has 0 heteroatoms. The second-order valence-corrected chi connectivity index (χ2v) is 3.22. The highest BCUT2D eigenvalue weighted by molar-refractivity contribution is 5.27. The molecule has 1 rings (SSSR count). The first-order chi connectivity index (χ1) is 6.83. The van der Waals surface area contributed by atoms with E-state index in [4.69, 9.17) is 0 Å². The highest BCUT2D eigenvalue weighted by Gasteiger charge is 2.13. The lowest BCUT2D eigenvalue weighted by atomic mass is 9.86. The van der Waals surface area contributed by atoms with Crippen LogP contribution in [0.15, 0.2) is 68.3 Å². The smallest absolute Gasteiger partial charge is 0.0113 e. The summed E-state index contributed by atoms with van der Waals surface area (Å²) in [6.07, 6.45) is 5.77. The largest absolute Gasteiger partial charge is 0.102 e. The fraction of sp³-hybridized carbons (Fsp3) is 0.143. The van der Waals surface area contributed by atoms with Crippen molar-refractivity contribution in [2.24, 2.45) is 5.92 Å². The van der Waals surface area contributed by atoms with Gasteiger partial charge in [0.15, 0.2) is 0 Å². The van der Waals surface area contributed by atoms with Crippen molar-refractivity contribution in [1.29, 1.82) is 0 Å². The number of hydrogen-bond acceptors (Lipinski definition) is 0. The second kappa shape index (κ2) is 5.23. The van der Waals surface area contributed by atoms with Crippen LogP contribution in [-0.2, 0) is 0 Å². The van der Waals surface area contributed by atoms with Gasteiger partial charge < -0.3 is 0 Å². The van der Waals surface area contributed by atoms with Gasteiger partial charge in [-0.3, -0.25) is 0 Å². The van der Waals surface area contributed by atoms with E-state index in [1.54, 1.807) is 0 Å². The summed E-state index contributed by atoms with van der Waals surface area (Å²) in [6.45, 7) is 11.5. The Morgan fingerprint density at radius 2 is 1.43 bits per heavy atom. The van der Waals surface area contributed by atoms with Crippen LogP contribution in [0.25, 0.3) is 0 Å². The molecule has 0 aliphatic carbocycles. The van der Waals surface area contributed by atoms with Gasteiger partial charge in [-0.2, -0.15) is 0 Å². The minimum Gasteiger partial charge on any atom is -0.102 e. The van der Waals surface area contributed by atoms with E-state index in [1.165, 1.54) is 5.56 Å². The van der Waals surface area contributed by atoms with Crippen LogP contribution in [0.4, 0.5) is 0 Å². The zero-order valence-electron chi connectivity index (χ0n) is 8.39. The van der Waals surface area contributed by atoms with Crippen LogP contribution in [0, 0.1) is 5.92 Å². The monoisotopic (exact) mass is 184 g/mol. The normalized spacial score (nSPS) is 12.1. The average molecular weight is 184 g/mol. The van der Waals surface area contributed by atoms with E-state index in [9.17, 15) is 0 Å².